The first-order valence-electron chi connectivity index (χ1n) is 12.1. The third kappa shape index (κ3) is 5.52. The van der Waals surface area contributed by atoms with Gasteiger partial charge in [-0.25, -0.2) is 4.98 Å². The minimum absolute atomic E-state index is 0.0963. The molecule has 176 valence electrons. The largest absolute Gasteiger partial charge is 0.333 e. The number of nitrogens with zero attached hydrogens (tertiary/aromatic N) is 3. The van der Waals surface area contributed by atoms with E-state index >= 15 is 0 Å². The van der Waals surface area contributed by atoms with E-state index < -0.39 is 0 Å². The number of carbonyl (C=O) groups is 1. The Bertz CT molecular complexity index is 1180. The topological polar surface area (TPSA) is 55.2 Å². The van der Waals surface area contributed by atoms with E-state index in [1.807, 2.05) is 68.1 Å². The number of hydrogen-bond acceptors (Lipinski definition) is 3. The highest BCUT2D eigenvalue weighted by Crippen LogP contribution is 2.26. The normalized spacial score (nSPS) is 12.3. The molecule has 33 heavy (non-hydrogen) atoms. The molecule has 3 aromatic rings. The molecule has 0 aliphatic rings. The van der Waals surface area contributed by atoms with E-state index in [2.05, 4.69) is 20.8 Å². The summed E-state index contributed by atoms with van der Waals surface area (Å²) < 4.78 is 1.73. The van der Waals surface area contributed by atoms with E-state index in [0.717, 1.165) is 36.1 Å². The molecule has 0 aliphatic carbocycles. The molecular formula is C28H37N3O2. The first-order chi connectivity index (χ1) is 15.7. The lowest BCUT2D eigenvalue weighted by Crippen LogP contribution is -2.38. The van der Waals surface area contributed by atoms with E-state index in [1.165, 1.54) is 0 Å². The Labute approximate surface area is 197 Å². The zero-order valence-electron chi connectivity index (χ0n) is 20.9. The maximum atomic E-state index is 13.8. The number of para-hydroxylation sites is 1. The van der Waals surface area contributed by atoms with E-state index in [9.17, 15) is 9.59 Å². The Kier molecular flexibility index (Phi) is 8.06. The van der Waals surface area contributed by atoms with Crippen LogP contribution in [0.2, 0.25) is 0 Å². The first kappa shape index (κ1) is 24.7. The summed E-state index contributed by atoms with van der Waals surface area (Å²) in [5.74, 6) is 1.21. The molecule has 0 saturated carbocycles. The van der Waals surface area contributed by atoms with Gasteiger partial charge in [0.05, 0.1) is 22.6 Å². The van der Waals surface area contributed by atoms with Gasteiger partial charge in [0.15, 0.2) is 0 Å². The van der Waals surface area contributed by atoms with Crippen molar-refractivity contribution in [2.24, 2.45) is 5.92 Å². The fourth-order valence-corrected chi connectivity index (χ4v) is 4.17. The van der Waals surface area contributed by atoms with Gasteiger partial charge in [0.1, 0.15) is 5.82 Å². The van der Waals surface area contributed by atoms with Crippen molar-refractivity contribution in [3.63, 3.8) is 0 Å². The van der Waals surface area contributed by atoms with Gasteiger partial charge in [-0.05, 0) is 68.9 Å². The second-order valence-electron chi connectivity index (χ2n) is 9.47. The zero-order valence-corrected chi connectivity index (χ0v) is 20.9. The molecule has 0 spiro atoms. The number of hydrogen-bond donors (Lipinski definition) is 0. The number of amides is 1. The van der Waals surface area contributed by atoms with E-state index in [-0.39, 0.29) is 17.5 Å². The van der Waals surface area contributed by atoms with Crippen LogP contribution in [0.3, 0.4) is 0 Å². The highest BCUT2D eigenvalue weighted by atomic mass is 16.2. The lowest BCUT2D eigenvalue weighted by Gasteiger charge is -2.31. The van der Waals surface area contributed by atoms with Crippen LogP contribution in [0.4, 0.5) is 0 Å². The molecule has 5 heteroatoms. The second kappa shape index (κ2) is 10.8. The monoisotopic (exact) mass is 447 g/mol. The summed E-state index contributed by atoms with van der Waals surface area (Å²) >= 11 is 0. The molecule has 0 N–H and O–H groups in total. The summed E-state index contributed by atoms with van der Waals surface area (Å²) in [6, 6.07) is 13.2. The van der Waals surface area contributed by atoms with Gasteiger partial charge in [-0.15, -0.1) is 0 Å². The second-order valence-corrected chi connectivity index (χ2v) is 9.47. The van der Waals surface area contributed by atoms with Crippen molar-refractivity contribution in [1.29, 1.82) is 0 Å². The molecule has 0 aliphatic heterocycles. The van der Waals surface area contributed by atoms with Crippen molar-refractivity contribution in [2.45, 2.75) is 73.3 Å². The van der Waals surface area contributed by atoms with Crippen LogP contribution < -0.4 is 5.56 Å². The maximum absolute atomic E-state index is 13.8. The maximum Gasteiger partial charge on any atom is 0.266 e. The van der Waals surface area contributed by atoms with Gasteiger partial charge < -0.3 is 4.90 Å². The first-order valence-corrected chi connectivity index (χ1v) is 12.1. The molecule has 1 unspecified atom stereocenters. The predicted octanol–water partition coefficient (Wildman–Crippen LogP) is 6.13. The number of carbonyl (C=O) groups excluding carboxylic acids is 1. The van der Waals surface area contributed by atoms with Crippen molar-refractivity contribution in [1.82, 2.24) is 14.5 Å². The molecule has 0 fully saturated rings. The van der Waals surface area contributed by atoms with Gasteiger partial charge >= 0.3 is 0 Å². The summed E-state index contributed by atoms with van der Waals surface area (Å²) in [4.78, 5) is 33.9. The lowest BCUT2D eigenvalue weighted by atomic mass is 10.1. The Morgan fingerprint density at radius 2 is 1.82 bits per heavy atom. The number of rotatable bonds is 9. The Balaban J connectivity index is 2.23. The third-order valence-corrected chi connectivity index (χ3v) is 6.26. The van der Waals surface area contributed by atoms with E-state index in [0.29, 0.717) is 35.6 Å². The summed E-state index contributed by atoms with van der Waals surface area (Å²) in [7, 11) is 0. The molecule has 2 aromatic carbocycles. The lowest BCUT2D eigenvalue weighted by molar-refractivity contribution is -0.133. The molecule has 1 aromatic heterocycles. The smallest absolute Gasteiger partial charge is 0.266 e. The van der Waals surface area contributed by atoms with Crippen LogP contribution in [0.5, 0.6) is 0 Å². The highest BCUT2D eigenvalue weighted by molar-refractivity contribution is 5.79. The standard InChI is InChI=1S/C28H37N3O2/c1-7-8-13-26(32)30(17-16-19(2)3)22(6)27-29-24-12-10-9-11-23(24)28(33)31(27)25-18-20(4)14-15-21(25)5/h9-12,14-15,18-19,22H,7-8,13,16-17H2,1-6H3. The van der Waals surface area contributed by atoms with Gasteiger partial charge in [-0.3, -0.25) is 14.2 Å². The van der Waals surface area contributed by atoms with Crippen LogP contribution >= 0.6 is 0 Å². The van der Waals surface area contributed by atoms with Gasteiger partial charge in [-0.2, -0.15) is 0 Å². The average molecular weight is 448 g/mol. The molecule has 0 bridgehead atoms. The van der Waals surface area contributed by atoms with Crippen molar-refractivity contribution >= 4 is 16.8 Å². The molecule has 3 rings (SSSR count). The van der Waals surface area contributed by atoms with Crippen LogP contribution in [0.25, 0.3) is 16.6 Å². The fourth-order valence-electron chi connectivity index (χ4n) is 4.17. The Hall–Kier alpha value is -2.95. The molecule has 1 heterocycles. The van der Waals surface area contributed by atoms with Crippen molar-refractivity contribution in [3.05, 3.63) is 69.8 Å². The van der Waals surface area contributed by atoms with Crippen LogP contribution in [-0.4, -0.2) is 26.9 Å². The summed E-state index contributed by atoms with van der Waals surface area (Å²) in [5, 5.41) is 0.584. The molecule has 5 nitrogen and oxygen atoms in total. The number of aromatic nitrogens is 2. The van der Waals surface area contributed by atoms with Crippen LogP contribution in [-0.2, 0) is 4.79 Å². The Morgan fingerprint density at radius 1 is 1.09 bits per heavy atom. The summed E-state index contributed by atoms with van der Waals surface area (Å²) in [6.07, 6.45) is 3.25. The SMILES string of the molecule is CCCCC(=O)N(CCC(C)C)C(C)c1nc2ccccc2c(=O)n1-c1cc(C)ccc1C. The average Bonchev–Trinajstić information content (AvgIpc) is 2.79. The molecule has 1 atom stereocenters. The molecule has 0 radical (unpaired) electrons. The predicted molar refractivity (Wildman–Crippen MR) is 136 cm³/mol. The molecular weight excluding hydrogens is 410 g/mol. The number of aryl methyl sites for hydroxylation is 2. The highest BCUT2D eigenvalue weighted by Gasteiger charge is 2.27. The quantitative estimate of drug-likeness (QED) is 0.396. The van der Waals surface area contributed by atoms with Crippen molar-refractivity contribution in [2.75, 3.05) is 6.54 Å². The minimum atomic E-state index is -0.328. The van der Waals surface area contributed by atoms with Crippen LogP contribution in [0.1, 0.15) is 76.4 Å². The summed E-state index contributed by atoms with van der Waals surface area (Å²) in [5.41, 5.74) is 3.46. The zero-order chi connectivity index (χ0) is 24.1. The van der Waals surface area contributed by atoms with Crippen LogP contribution in [0.15, 0.2) is 47.3 Å². The molecule has 0 saturated heterocycles. The third-order valence-electron chi connectivity index (χ3n) is 6.26. The summed E-state index contributed by atoms with van der Waals surface area (Å²) in [6.45, 7) is 13.1. The van der Waals surface area contributed by atoms with Gasteiger partial charge in [0, 0.05) is 13.0 Å². The van der Waals surface area contributed by atoms with Gasteiger partial charge in [0.25, 0.3) is 5.56 Å². The number of unbranched alkanes of at least 4 members (excludes halogenated alkanes) is 1. The van der Waals surface area contributed by atoms with Gasteiger partial charge in [-0.1, -0.05) is 51.5 Å². The molecule has 1 amide bonds. The fraction of sp³-hybridized carbons (Fsp3) is 0.464. The van der Waals surface area contributed by atoms with E-state index in [4.69, 9.17) is 4.98 Å². The van der Waals surface area contributed by atoms with E-state index in [1.54, 1.807) is 4.57 Å². The van der Waals surface area contributed by atoms with Gasteiger partial charge in [0.2, 0.25) is 5.91 Å². The minimum Gasteiger partial charge on any atom is -0.333 e. The Morgan fingerprint density at radius 3 is 2.52 bits per heavy atom. The number of fused-ring (bicyclic) bond motifs is 1. The van der Waals surface area contributed by atoms with Crippen molar-refractivity contribution < 1.29 is 4.79 Å². The van der Waals surface area contributed by atoms with Crippen molar-refractivity contribution in [3.8, 4) is 5.69 Å². The number of benzene rings is 2. The van der Waals surface area contributed by atoms with Crippen LogP contribution in [0, 0.1) is 19.8 Å².